The van der Waals surface area contributed by atoms with Crippen LogP contribution in [0.3, 0.4) is 0 Å². The highest BCUT2D eigenvalue weighted by Crippen LogP contribution is 2.48. The molecule has 1 fully saturated rings. The van der Waals surface area contributed by atoms with Crippen LogP contribution in [0.15, 0.2) is 72.4 Å². The first-order chi connectivity index (χ1) is 18.7. The van der Waals surface area contributed by atoms with Crippen molar-refractivity contribution in [3.05, 3.63) is 89.1 Å². The van der Waals surface area contributed by atoms with Crippen molar-refractivity contribution < 1.29 is 18.9 Å². The smallest absolute Gasteiger partial charge is 0.162 e. The highest BCUT2D eigenvalue weighted by molar-refractivity contribution is 5.79. The van der Waals surface area contributed by atoms with Crippen LogP contribution in [-0.4, -0.2) is 38.8 Å². The number of benzene rings is 3. The average Bonchev–Trinajstić information content (AvgIpc) is 2.99. The van der Waals surface area contributed by atoms with E-state index >= 15 is 0 Å². The monoisotopic (exact) mass is 510 g/mol. The molecule has 2 atom stereocenters. The third kappa shape index (κ3) is 5.02. The fourth-order valence-electron chi connectivity index (χ4n) is 5.78. The van der Waals surface area contributed by atoms with Gasteiger partial charge in [0.05, 0.1) is 21.3 Å². The summed E-state index contributed by atoms with van der Waals surface area (Å²) in [5.41, 5.74) is 4.92. The van der Waals surface area contributed by atoms with Crippen molar-refractivity contribution in [2.45, 2.75) is 44.2 Å². The van der Waals surface area contributed by atoms with Crippen molar-refractivity contribution in [2.24, 2.45) is 0 Å². The summed E-state index contributed by atoms with van der Waals surface area (Å²) in [7, 11) is 4.95. The molecule has 38 heavy (non-hydrogen) atoms. The molecule has 0 amide bonds. The number of hydrogen-bond acceptors (Lipinski definition) is 6. The van der Waals surface area contributed by atoms with Crippen LogP contribution in [0.2, 0.25) is 0 Å². The molecule has 5 rings (SSSR count). The number of nitrogens with zero attached hydrogens (tertiary/aromatic N) is 2. The van der Waals surface area contributed by atoms with Crippen molar-refractivity contribution >= 4 is 5.57 Å². The van der Waals surface area contributed by atoms with Gasteiger partial charge in [-0.3, -0.25) is 0 Å². The fourth-order valence-corrected chi connectivity index (χ4v) is 5.78. The Morgan fingerprint density at radius 2 is 1.58 bits per heavy atom. The Labute approximate surface area is 225 Å². The molecule has 0 aliphatic carbocycles. The molecule has 0 radical (unpaired) electrons. The molecule has 0 unspecified atom stereocenters. The molecule has 0 spiro atoms. The summed E-state index contributed by atoms with van der Waals surface area (Å²) in [5, 5.41) is 10.5. The fraction of sp³-hybridized carbons (Fsp3) is 0.344. The van der Waals surface area contributed by atoms with E-state index < -0.39 is 0 Å². The molecule has 6 heteroatoms. The molecule has 0 bridgehead atoms. The van der Waals surface area contributed by atoms with Gasteiger partial charge in [0.25, 0.3) is 0 Å². The van der Waals surface area contributed by atoms with Crippen LogP contribution in [0, 0.1) is 11.3 Å². The molecule has 2 aliphatic heterocycles. The van der Waals surface area contributed by atoms with E-state index in [-0.39, 0.29) is 5.92 Å². The molecule has 2 aliphatic rings. The third-order valence-corrected chi connectivity index (χ3v) is 7.65. The number of ether oxygens (including phenoxy) is 4. The molecule has 2 heterocycles. The van der Waals surface area contributed by atoms with E-state index in [9.17, 15) is 5.26 Å². The SMILES string of the molecule is COc1ccc([C@H]2C[C@H]3CCCCN3C(C#N)=C2c2ccc(OC)c(OCc3ccccc3)c2)cc1OC. The number of allylic oxidation sites excluding steroid dienone is 2. The van der Waals surface area contributed by atoms with E-state index in [1.165, 1.54) is 6.42 Å². The minimum absolute atomic E-state index is 0.0270. The van der Waals surface area contributed by atoms with Crippen molar-refractivity contribution in [1.29, 1.82) is 5.26 Å². The Morgan fingerprint density at radius 3 is 2.32 bits per heavy atom. The van der Waals surface area contributed by atoms with Crippen LogP contribution in [0.25, 0.3) is 5.57 Å². The Morgan fingerprint density at radius 1 is 0.842 bits per heavy atom. The quantitative estimate of drug-likeness (QED) is 0.342. The van der Waals surface area contributed by atoms with Gasteiger partial charge in [0.2, 0.25) is 0 Å². The van der Waals surface area contributed by atoms with Gasteiger partial charge < -0.3 is 23.8 Å². The maximum atomic E-state index is 10.5. The highest BCUT2D eigenvalue weighted by atomic mass is 16.5. The minimum atomic E-state index is 0.0270. The molecule has 0 saturated carbocycles. The molecule has 0 N–H and O–H groups in total. The Balaban J connectivity index is 1.60. The van der Waals surface area contributed by atoms with Crippen LogP contribution < -0.4 is 18.9 Å². The second-order valence-corrected chi connectivity index (χ2v) is 9.76. The van der Waals surface area contributed by atoms with Crippen LogP contribution >= 0.6 is 0 Å². The lowest BCUT2D eigenvalue weighted by Crippen LogP contribution is -2.43. The van der Waals surface area contributed by atoms with Crippen LogP contribution in [0.4, 0.5) is 0 Å². The van der Waals surface area contributed by atoms with Gasteiger partial charge in [0.15, 0.2) is 23.0 Å². The number of piperidine rings is 1. The maximum Gasteiger partial charge on any atom is 0.162 e. The van der Waals surface area contributed by atoms with Gasteiger partial charge in [-0.2, -0.15) is 5.26 Å². The summed E-state index contributed by atoms with van der Waals surface area (Å²) in [6.45, 7) is 1.33. The summed E-state index contributed by atoms with van der Waals surface area (Å²) < 4.78 is 23.0. The molecule has 3 aromatic rings. The Kier molecular flexibility index (Phi) is 7.74. The molecular formula is C32H34N2O4. The van der Waals surface area contributed by atoms with E-state index in [0.717, 1.165) is 53.8 Å². The van der Waals surface area contributed by atoms with Crippen LogP contribution in [0.5, 0.6) is 23.0 Å². The number of fused-ring (bicyclic) bond motifs is 1. The minimum Gasteiger partial charge on any atom is -0.493 e. The van der Waals surface area contributed by atoms with Gasteiger partial charge >= 0.3 is 0 Å². The normalized spacial score (nSPS) is 18.8. The summed E-state index contributed by atoms with van der Waals surface area (Å²) in [4.78, 5) is 2.32. The van der Waals surface area contributed by atoms with E-state index in [0.29, 0.717) is 35.6 Å². The third-order valence-electron chi connectivity index (χ3n) is 7.65. The average molecular weight is 511 g/mol. The van der Waals surface area contributed by atoms with Gasteiger partial charge in [-0.25, -0.2) is 0 Å². The number of hydrogen-bond donors (Lipinski definition) is 0. The van der Waals surface area contributed by atoms with Crippen molar-refractivity contribution in [3.63, 3.8) is 0 Å². The first kappa shape index (κ1) is 25.5. The van der Waals surface area contributed by atoms with Gasteiger partial charge in [0, 0.05) is 24.1 Å². The Bertz CT molecular complexity index is 1350. The lowest BCUT2D eigenvalue weighted by molar-refractivity contribution is 0.177. The van der Waals surface area contributed by atoms with Crippen LogP contribution in [-0.2, 0) is 6.61 Å². The molecule has 196 valence electrons. The number of methoxy groups -OCH3 is 3. The van der Waals surface area contributed by atoms with Gasteiger partial charge in [0.1, 0.15) is 18.4 Å². The van der Waals surface area contributed by atoms with Crippen LogP contribution in [0.1, 0.15) is 48.3 Å². The predicted octanol–water partition coefficient (Wildman–Crippen LogP) is 6.57. The lowest BCUT2D eigenvalue weighted by atomic mass is 9.76. The summed E-state index contributed by atoms with van der Waals surface area (Å²) in [6, 6.07) is 25.1. The lowest BCUT2D eigenvalue weighted by Gasteiger charge is -2.44. The molecule has 1 saturated heterocycles. The first-order valence-corrected chi connectivity index (χ1v) is 13.1. The molecular weight excluding hydrogens is 476 g/mol. The first-order valence-electron chi connectivity index (χ1n) is 13.1. The van der Waals surface area contributed by atoms with E-state index in [2.05, 4.69) is 17.0 Å². The zero-order chi connectivity index (χ0) is 26.5. The highest BCUT2D eigenvalue weighted by Gasteiger charge is 2.38. The van der Waals surface area contributed by atoms with Gasteiger partial charge in [-0.15, -0.1) is 0 Å². The van der Waals surface area contributed by atoms with Gasteiger partial charge in [-0.1, -0.05) is 42.5 Å². The standard InChI is InChI=1S/C32H34N2O4/c1-35-28-14-12-23(17-30(28)37-3)26-19-25-11-7-8-16-34(25)27(20-33)32(26)24-13-15-29(36-2)31(18-24)38-21-22-9-5-4-6-10-22/h4-6,9-10,12-15,17-18,25-26H,7-8,11,16,19,21H2,1-3H3/t25-,26-/m1/s1. The van der Waals surface area contributed by atoms with Crippen molar-refractivity contribution in [1.82, 2.24) is 4.90 Å². The number of nitriles is 1. The van der Waals surface area contributed by atoms with E-state index in [1.807, 2.05) is 60.7 Å². The summed E-state index contributed by atoms with van der Waals surface area (Å²) in [6.07, 6.45) is 4.32. The topological polar surface area (TPSA) is 64.0 Å². The zero-order valence-corrected chi connectivity index (χ0v) is 22.3. The zero-order valence-electron chi connectivity index (χ0n) is 22.3. The molecule has 0 aromatic heterocycles. The van der Waals surface area contributed by atoms with Crippen molar-refractivity contribution in [2.75, 3.05) is 27.9 Å². The molecule has 3 aromatic carbocycles. The second-order valence-electron chi connectivity index (χ2n) is 9.76. The summed E-state index contributed by atoms with van der Waals surface area (Å²) >= 11 is 0. The van der Waals surface area contributed by atoms with E-state index in [4.69, 9.17) is 18.9 Å². The Hall–Kier alpha value is -4.11. The van der Waals surface area contributed by atoms with Crippen molar-refractivity contribution in [3.8, 4) is 29.1 Å². The predicted molar refractivity (Wildman–Crippen MR) is 148 cm³/mol. The summed E-state index contributed by atoms with van der Waals surface area (Å²) in [5.74, 6) is 2.73. The second kappa shape index (κ2) is 11.5. The van der Waals surface area contributed by atoms with E-state index in [1.54, 1.807) is 21.3 Å². The largest absolute Gasteiger partial charge is 0.493 e. The van der Waals surface area contributed by atoms with Gasteiger partial charge in [-0.05, 0) is 66.6 Å². The molecule has 6 nitrogen and oxygen atoms in total. The maximum absolute atomic E-state index is 10.5. The number of rotatable bonds is 8.